The van der Waals surface area contributed by atoms with Crippen molar-refractivity contribution >= 4 is 22.9 Å². The molecule has 0 aliphatic rings. The number of rotatable bonds is 3. The molecule has 0 spiro atoms. The van der Waals surface area contributed by atoms with E-state index in [0.717, 1.165) is 22.6 Å². The van der Waals surface area contributed by atoms with Crippen LogP contribution in [0.5, 0.6) is 0 Å². The lowest BCUT2D eigenvalue weighted by Gasteiger charge is -2.04. The molecule has 0 amide bonds. The molecule has 0 saturated heterocycles. The lowest BCUT2D eigenvalue weighted by atomic mass is 10.2. The molecule has 0 fully saturated rings. The minimum atomic E-state index is 0.632. The minimum absolute atomic E-state index is 0.632. The molecule has 3 aromatic rings. The van der Waals surface area contributed by atoms with Crippen LogP contribution in [0.25, 0.3) is 5.65 Å². The van der Waals surface area contributed by atoms with Crippen LogP contribution in [-0.4, -0.2) is 9.38 Å². The highest BCUT2D eigenvalue weighted by molar-refractivity contribution is 6.30. The van der Waals surface area contributed by atoms with Gasteiger partial charge in [0.2, 0.25) is 0 Å². The van der Waals surface area contributed by atoms with Gasteiger partial charge in [0.15, 0.2) is 0 Å². The smallest absolute Gasteiger partial charge is 0.137 e. The number of benzene rings is 1. The van der Waals surface area contributed by atoms with E-state index in [-0.39, 0.29) is 0 Å². The van der Waals surface area contributed by atoms with E-state index in [9.17, 15) is 0 Å². The second-order valence-corrected chi connectivity index (χ2v) is 4.86. The molecule has 2 aromatic heterocycles. The third kappa shape index (κ3) is 2.61. The molecule has 0 radical (unpaired) electrons. The Labute approximate surface area is 122 Å². The first-order chi connectivity index (χ1) is 9.74. The highest BCUT2D eigenvalue weighted by atomic mass is 35.5. The van der Waals surface area contributed by atoms with Crippen LogP contribution in [0, 0.1) is 12.3 Å². The predicted octanol–water partition coefficient (Wildman–Crippen LogP) is 3.58. The zero-order valence-electron chi connectivity index (χ0n) is 10.7. The van der Waals surface area contributed by atoms with Crippen LogP contribution in [0.2, 0.25) is 5.02 Å². The van der Waals surface area contributed by atoms with Crippen LogP contribution in [0.15, 0.2) is 48.8 Å². The summed E-state index contributed by atoms with van der Waals surface area (Å²) in [5, 5.41) is 4.00. The molecular weight excluding hydrogens is 270 g/mol. The van der Waals surface area contributed by atoms with Gasteiger partial charge in [0.1, 0.15) is 5.65 Å². The highest BCUT2D eigenvalue weighted by Gasteiger charge is 2.02. The van der Waals surface area contributed by atoms with E-state index in [0.29, 0.717) is 11.6 Å². The number of hydrogen-bond donors (Lipinski definition) is 1. The first-order valence-corrected chi connectivity index (χ1v) is 6.56. The van der Waals surface area contributed by atoms with Gasteiger partial charge in [0, 0.05) is 23.6 Å². The number of halogens is 1. The van der Waals surface area contributed by atoms with E-state index in [4.69, 9.17) is 18.0 Å². The number of anilines is 1. The monoisotopic (exact) mass is 281 g/mol. The summed E-state index contributed by atoms with van der Waals surface area (Å²) in [6.45, 7) is 0.632. The zero-order chi connectivity index (χ0) is 13.9. The molecular formula is C16H12ClN3. The highest BCUT2D eigenvalue weighted by Crippen LogP contribution is 2.14. The molecule has 3 nitrogen and oxygen atoms in total. The summed E-state index contributed by atoms with van der Waals surface area (Å²) in [5.74, 6) is 2.62. The quantitative estimate of drug-likeness (QED) is 0.744. The zero-order valence-corrected chi connectivity index (χ0v) is 11.4. The Bertz CT molecular complexity index is 799. The van der Waals surface area contributed by atoms with E-state index >= 15 is 0 Å². The molecule has 2 heterocycles. The van der Waals surface area contributed by atoms with Gasteiger partial charge in [0.25, 0.3) is 0 Å². The largest absolute Gasteiger partial charge is 0.379 e. The van der Waals surface area contributed by atoms with Crippen molar-refractivity contribution < 1.29 is 0 Å². The summed E-state index contributed by atoms with van der Waals surface area (Å²) >= 11 is 5.95. The van der Waals surface area contributed by atoms with Crippen LogP contribution in [0.1, 0.15) is 11.3 Å². The molecule has 0 atom stereocenters. The summed E-state index contributed by atoms with van der Waals surface area (Å²) in [5.41, 5.74) is 3.66. The van der Waals surface area contributed by atoms with Crippen molar-refractivity contribution in [3.8, 4) is 12.3 Å². The van der Waals surface area contributed by atoms with Crippen LogP contribution in [0.4, 0.5) is 5.69 Å². The Morgan fingerprint density at radius 2 is 2.15 bits per heavy atom. The molecule has 4 heteroatoms. The number of nitrogens with one attached hydrogen (secondary N) is 1. The van der Waals surface area contributed by atoms with Gasteiger partial charge >= 0.3 is 0 Å². The molecule has 1 N–H and O–H groups in total. The third-order valence-corrected chi connectivity index (χ3v) is 3.19. The summed E-state index contributed by atoms with van der Waals surface area (Å²) in [7, 11) is 0. The SMILES string of the molecule is C#Cc1cccc(NCc2cn3cc(Cl)ccc3n2)c1. The van der Waals surface area contributed by atoms with E-state index in [1.54, 1.807) is 0 Å². The Morgan fingerprint density at radius 1 is 1.25 bits per heavy atom. The van der Waals surface area contributed by atoms with Crippen molar-refractivity contribution in [1.82, 2.24) is 9.38 Å². The number of terminal acetylenes is 1. The van der Waals surface area contributed by atoms with Crippen molar-refractivity contribution in [3.05, 3.63) is 65.1 Å². The maximum atomic E-state index is 5.95. The molecule has 98 valence electrons. The van der Waals surface area contributed by atoms with E-state index in [1.807, 2.05) is 53.2 Å². The Kier molecular flexibility index (Phi) is 3.32. The van der Waals surface area contributed by atoms with Crippen molar-refractivity contribution in [2.45, 2.75) is 6.54 Å². The molecule has 0 aliphatic heterocycles. The molecule has 0 saturated carbocycles. The van der Waals surface area contributed by atoms with Crippen LogP contribution in [-0.2, 0) is 6.54 Å². The van der Waals surface area contributed by atoms with Crippen molar-refractivity contribution in [2.24, 2.45) is 0 Å². The van der Waals surface area contributed by atoms with Gasteiger partial charge in [-0.25, -0.2) is 4.98 Å². The van der Waals surface area contributed by atoms with Crippen molar-refractivity contribution in [1.29, 1.82) is 0 Å². The Balaban J connectivity index is 1.78. The van der Waals surface area contributed by atoms with Crippen molar-refractivity contribution in [3.63, 3.8) is 0 Å². The van der Waals surface area contributed by atoms with Gasteiger partial charge < -0.3 is 9.72 Å². The van der Waals surface area contributed by atoms with Gasteiger partial charge in [-0.3, -0.25) is 0 Å². The summed E-state index contributed by atoms with van der Waals surface area (Å²) < 4.78 is 1.91. The molecule has 0 bridgehead atoms. The first-order valence-electron chi connectivity index (χ1n) is 6.18. The molecule has 20 heavy (non-hydrogen) atoms. The average Bonchev–Trinajstić information content (AvgIpc) is 2.87. The predicted molar refractivity (Wildman–Crippen MR) is 81.9 cm³/mol. The average molecular weight is 282 g/mol. The van der Waals surface area contributed by atoms with Crippen LogP contribution < -0.4 is 5.32 Å². The fourth-order valence-electron chi connectivity index (χ4n) is 2.01. The maximum absolute atomic E-state index is 5.95. The fraction of sp³-hybridized carbons (Fsp3) is 0.0625. The van der Waals surface area contributed by atoms with E-state index < -0.39 is 0 Å². The number of nitrogens with zero attached hydrogens (tertiary/aromatic N) is 2. The first kappa shape index (κ1) is 12.6. The van der Waals surface area contributed by atoms with E-state index in [2.05, 4.69) is 16.2 Å². The number of hydrogen-bond acceptors (Lipinski definition) is 2. The number of aromatic nitrogens is 2. The second-order valence-electron chi connectivity index (χ2n) is 4.42. The van der Waals surface area contributed by atoms with Gasteiger partial charge in [-0.1, -0.05) is 23.6 Å². The Morgan fingerprint density at radius 3 is 3.00 bits per heavy atom. The standard InChI is InChI=1S/C16H12ClN3/c1-2-12-4-3-5-14(8-12)18-9-15-11-20-10-13(17)6-7-16(20)19-15/h1,3-8,10-11,18H,9H2. The topological polar surface area (TPSA) is 29.3 Å². The molecule has 0 unspecified atom stereocenters. The fourth-order valence-corrected chi connectivity index (χ4v) is 2.18. The van der Waals surface area contributed by atoms with Gasteiger partial charge in [0.05, 0.1) is 17.3 Å². The minimum Gasteiger partial charge on any atom is -0.379 e. The second kappa shape index (κ2) is 5.28. The number of imidazole rings is 1. The van der Waals surface area contributed by atoms with Gasteiger partial charge in [-0.05, 0) is 30.3 Å². The maximum Gasteiger partial charge on any atom is 0.137 e. The summed E-state index contributed by atoms with van der Waals surface area (Å²) in [6.07, 6.45) is 9.18. The van der Waals surface area contributed by atoms with Crippen LogP contribution in [0.3, 0.4) is 0 Å². The van der Waals surface area contributed by atoms with Crippen LogP contribution >= 0.6 is 11.6 Å². The Hall–Kier alpha value is -2.44. The van der Waals surface area contributed by atoms with E-state index in [1.165, 1.54) is 0 Å². The lowest BCUT2D eigenvalue weighted by Crippen LogP contribution is -1.99. The summed E-state index contributed by atoms with van der Waals surface area (Å²) in [4.78, 5) is 4.51. The number of pyridine rings is 1. The van der Waals surface area contributed by atoms with Gasteiger partial charge in [-0.2, -0.15) is 0 Å². The molecule has 3 rings (SSSR count). The molecule has 1 aromatic carbocycles. The molecule has 0 aliphatic carbocycles. The normalized spacial score (nSPS) is 10.4. The third-order valence-electron chi connectivity index (χ3n) is 2.97. The van der Waals surface area contributed by atoms with Gasteiger partial charge in [-0.15, -0.1) is 6.42 Å². The lowest BCUT2D eigenvalue weighted by molar-refractivity contribution is 1.08. The van der Waals surface area contributed by atoms with Crippen molar-refractivity contribution in [2.75, 3.05) is 5.32 Å². The summed E-state index contributed by atoms with van der Waals surface area (Å²) in [6, 6.07) is 11.5. The number of fused-ring (bicyclic) bond motifs is 1.